The van der Waals surface area contributed by atoms with Crippen LogP contribution in [0.25, 0.3) is 0 Å². The SMILES string of the molecule is O=C(OCCO)C1CC2OC1C1C3C=CC(S3)C21. The van der Waals surface area contributed by atoms with Gasteiger partial charge in [0, 0.05) is 22.3 Å². The number of aliphatic hydroxyl groups is 1. The first-order valence-corrected chi connectivity index (χ1v) is 7.50. The average Bonchev–Trinajstić information content (AvgIpc) is 3.10. The second kappa shape index (κ2) is 3.99. The Morgan fingerprint density at radius 1 is 1.39 bits per heavy atom. The summed E-state index contributed by atoms with van der Waals surface area (Å²) in [6.45, 7) is -0.00965. The number of thioether (sulfide) groups is 1. The van der Waals surface area contributed by atoms with Crippen LogP contribution < -0.4 is 0 Å². The zero-order valence-corrected chi connectivity index (χ0v) is 10.7. The van der Waals surface area contributed by atoms with Crippen LogP contribution in [-0.4, -0.2) is 47.0 Å². The van der Waals surface area contributed by atoms with Crippen molar-refractivity contribution in [1.29, 1.82) is 0 Å². The molecule has 4 aliphatic rings. The first-order chi connectivity index (χ1) is 8.79. The maximum absolute atomic E-state index is 12.0. The van der Waals surface area contributed by atoms with Gasteiger partial charge in [-0.1, -0.05) is 12.2 Å². The molecule has 0 aromatic rings. The summed E-state index contributed by atoms with van der Waals surface area (Å²) in [6.07, 6.45) is 5.65. The van der Waals surface area contributed by atoms with Gasteiger partial charge in [0.1, 0.15) is 6.61 Å². The van der Waals surface area contributed by atoms with Crippen molar-refractivity contribution >= 4 is 17.7 Å². The van der Waals surface area contributed by atoms with Crippen LogP contribution in [0, 0.1) is 17.8 Å². The van der Waals surface area contributed by atoms with E-state index >= 15 is 0 Å². The van der Waals surface area contributed by atoms with Gasteiger partial charge in [-0.25, -0.2) is 0 Å². The van der Waals surface area contributed by atoms with Crippen LogP contribution in [0.2, 0.25) is 0 Å². The molecule has 7 atom stereocenters. The smallest absolute Gasteiger partial charge is 0.311 e. The minimum atomic E-state index is -0.188. The zero-order chi connectivity index (χ0) is 12.3. The molecule has 0 spiro atoms. The maximum atomic E-state index is 12.0. The van der Waals surface area contributed by atoms with Crippen molar-refractivity contribution in [2.75, 3.05) is 13.2 Å². The normalized spacial score (nSPS) is 50.8. The predicted molar refractivity (Wildman–Crippen MR) is 66.1 cm³/mol. The zero-order valence-electron chi connectivity index (χ0n) is 9.90. The fourth-order valence-corrected chi connectivity index (χ4v) is 5.84. The Morgan fingerprint density at radius 3 is 2.94 bits per heavy atom. The molecule has 4 nitrogen and oxygen atoms in total. The second-order valence-corrected chi connectivity index (χ2v) is 6.84. The van der Waals surface area contributed by atoms with E-state index in [0.717, 1.165) is 6.42 Å². The van der Waals surface area contributed by atoms with Gasteiger partial charge in [-0.05, 0) is 6.42 Å². The van der Waals surface area contributed by atoms with Crippen molar-refractivity contribution < 1.29 is 19.4 Å². The Bertz CT molecular complexity index is 410. The molecule has 1 N–H and O–H groups in total. The summed E-state index contributed by atoms with van der Waals surface area (Å²) in [7, 11) is 0. The lowest BCUT2D eigenvalue weighted by molar-refractivity contribution is -0.152. The highest BCUT2D eigenvalue weighted by Crippen LogP contribution is 2.61. The van der Waals surface area contributed by atoms with Gasteiger partial charge in [0.2, 0.25) is 0 Å². The first kappa shape index (κ1) is 11.3. The van der Waals surface area contributed by atoms with E-state index in [1.54, 1.807) is 0 Å². The lowest BCUT2D eigenvalue weighted by atomic mass is 9.69. The third kappa shape index (κ3) is 1.38. The van der Waals surface area contributed by atoms with Crippen LogP contribution in [0.4, 0.5) is 0 Å². The van der Waals surface area contributed by atoms with Gasteiger partial charge < -0.3 is 14.6 Å². The Balaban J connectivity index is 1.52. The highest BCUT2D eigenvalue weighted by atomic mass is 32.2. The third-order valence-corrected chi connectivity index (χ3v) is 6.24. The van der Waals surface area contributed by atoms with Crippen LogP contribution in [0.5, 0.6) is 0 Å². The van der Waals surface area contributed by atoms with E-state index in [1.807, 2.05) is 11.8 Å². The summed E-state index contributed by atoms with van der Waals surface area (Å²) < 4.78 is 11.1. The summed E-state index contributed by atoms with van der Waals surface area (Å²) in [5, 5.41) is 9.84. The van der Waals surface area contributed by atoms with Crippen LogP contribution >= 0.6 is 11.8 Å². The Labute approximate surface area is 110 Å². The summed E-state index contributed by atoms with van der Waals surface area (Å²) in [6, 6.07) is 0. The minimum absolute atomic E-state index is 0.0404. The van der Waals surface area contributed by atoms with E-state index in [4.69, 9.17) is 14.6 Å². The molecular formula is C13H16O4S. The van der Waals surface area contributed by atoms with Gasteiger partial charge in [0.05, 0.1) is 24.7 Å². The molecule has 4 bridgehead atoms. The van der Waals surface area contributed by atoms with Gasteiger partial charge >= 0.3 is 5.97 Å². The molecule has 4 rings (SSSR count). The fraction of sp³-hybridized carbons (Fsp3) is 0.769. The summed E-state index contributed by atoms with van der Waals surface area (Å²) in [5.41, 5.74) is 0. The minimum Gasteiger partial charge on any atom is -0.463 e. The van der Waals surface area contributed by atoms with Gasteiger partial charge in [-0.15, -0.1) is 11.8 Å². The van der Waals surface area contributed by atoms with E-state index in [-0.39, 0.29) is 37.3 Å². The number of hydrogen-bond donors (Lipinski definition) is 1. The van der Waals surface area contributed by atoms with Crippen LogP contribution in [-0.2, 0) is 14.3 Å². The Hall–Kier alpha value is -0.520. The lowest BCUT2D eigenvalue weighted by Crippen LogP contribution is -2.41. The predicted octanol–water partition coefficient (Wildman–Crippen LogP) is 0.595. The molecule has 5 heteroatoms. The molecule has 3 fully saturated rings. The van der Waals surface area contributed by atoms with Gasteiger partial charge in [-0.2, -0.15) is 0 Å². The lowest BCUT2D eigenvalue weighted by Gasteiger charge is -2.31. The quantitative estimate of drug-likeness (QED) is 0.600. The van der Waals surface area contributed by atoms with Crippen molar-refractivity contribution in [1.82, 2.24) is 0 Å². The topological polar surface area (TPSA) is 55.8 Å². The molecule has 0 aromatic heterocycles. The number of fused-ring (bicyclic) bond motifs is 9. The number of rotatable bonds is 3. The van der Waals surface area contributed by atoms with E-state index in [0.29, 0.717) is 22.3 Å². The van der Waals surface area contributed by atoms with Crippen LogP contribution in [0.1, 0.15) is 6.42 Å². The molecule has 0 radical (unpaired) electrons. The number of esters is 1. The van der Waals surface area contributed by atoms with Gasteiger partial charge in [0.25, 0.3) is 0 Å². The highest BCUT2D eigenvalue weighted by molar-refractivity contribution is 8.01. The second-order valence-electron chi connectivity index (χ2n) is 5.48. The number of carbonyl (C=O) groups is 1. The molecule has 0 saturated carbocycles. The number of carbonyl (C=O) groups excluding carboxylic acids is 1. The van der Waals surface area contributed by atoms with Crippen molar-refractivity contribution in [3.8, 4) is 0 Å². The third-order valence-electron chi connectivity index (χ3n) is 4.67. The van der Waals surface area contributed by atoms with Crippen molar-refractivity contribution in [2.45, 2.75) is 29.1 Å². The first-order valence-electron chi connectivity index (χ1n) is 6.56. The molecule has 0 amide bonds. The average molecular weight is 268 g/mol. The Kier molecular flexibility index (Phi) is 2.51. The molecule has 4 heterocycles. The molecule has 0 aliphatic carbocycles. The van der Waals surface area contributed by atoms with Gasteiger partial charge in [0.15, 0.2) is 0 Å². The van der Waals surface area contributed by atoms with Crippen LogP contribution in [0.3, 0.4) is 0 Å². The number of hydrogen-bond acceptors (Lipinski definition) is 5. The molecule has 0 aromatic carbocycles. The monoisotopic (exact) mass is 268 g/mol. The molecule has 7 unspecified atom stereocenters. The van der Waals surface area contributed by atoms with Crippen molar-refractivity contribution in [3.63, 3.8) is 0 Å². The van der Waals surface area contributed by atoms with E-state index in [9.17, 15) is 4.79 Å². The molecular weight excluding hydrogens is 252 g/mol. The Morgan fingerprint density at radius 2 is 2.17 bits per heavy atom. The molecule has 4 aliphatic heterocycles. The molecule has 3 saturated heterocycles. The maximum Gasteiger partial charge on any atom is 0.311 e. The largest absolute Gasteiger partial charge is 0.463 e. The van der Waals surface area contributed by atoms with Crippen molar-refractivity contribution in [3.05, 3.63) is 12.2 Å². The summed E-state index contributed by atoms with van der Waals surface area (Å²) in [5.74, 6) is 0.801. The van der Waals surface area contributed by atoms with Gasteiger partial charge in [-0.3, -0.25) is 4.79 Å². The van der Waals surface area contributed by atoms with E-state index in [2.05, 4.69) is 12.2 Å². The standard InChI is InChI=1S/C13H16O4S/c14-3-4-16-13(15)6-5-7-10-8-1-2-9(18-8)11(10)12(6)17-7/h1-2,6-12,14H,3-5H2. The van der Waals surface area contributed by atoms with Crippen molar-refractivity contribution in [2.24, 2.45) is 17.8 Å². The molecule has 18 heavy (non-hydrogen) atoms. The number of aliphatic hydroxyl groups excluding tert-OH is 1. The van der Waals surface area contributed by atoms with E-state index < -0.39 is 0 Å². The molecule has 98 valence electrons. The summed E-state index contributed by atoms with van der Waals surface area (Å²) in [4.78, 5) is 12.0. The fourth-order valence-electron chi connectivity index (χ4n) is 4.06. The summed E-state index contributed by atoms with van der Waals surface area (Å²) >= 11 is 2.02. The highest BCUT2D eigenvalue weighted by Gasteiger charge is 2.64. The van der Waals surface area contributed by atoms with E-state index in [1.165, 1.54) is 0 Å². The number of ether oxygens (including phenoxy) is 2. The van der Waals surface area contributed by atoms with Crippen LogP contribution in [0.15, 0.2) is 12.2 Å².